The smallest absolute Gasteiger partial charge is 0.255 e. The highest BCUT2D eigenvalue weighted by Gasteiger charge is 2.29. The van der Waals surface area contributed by atoms with Gasteiger partial charge in [-0.3, -0.25) is 4.79 Å². The molecule has 0 aromatic carbocycles. The fourth-order valence-corrected chi connectivity index (χ4v) is 5.35. The van der Waals surface area contributed by atoms with Crippen LogP contribution in [0.15, 0.2) is 10.4 Å². The first-order valence-corrected chi connectivity index (χ1v) is 8.22. The molecule has 0 radical (unpaired) electrons. The molecule has 1 saturated heterocycles. The van der Waals surface area contributed by atoms with Crippen molar-refractivity contribution in [3.8, 4) is 0 Å². The molecule has 1 fully saturated rings. The van der Waals surface area contributed by atoms with Crippen molar-refractivity contribution in [3.63, 3.8) is 0 Å². The van der Waals surface area contributed by atoms with Gasteiger partial charge in [-0.05, 0) is 0 Å². The van der Waals surface area contributed by atoms with Crippen molar-refractivity contribution in [2.75, 3.05) is 23.5 Å². The summed E-state index contributed by atoms with van der Waals surface area (Å²) < 4.78 is 25.8. The number of nitrogens with zero attached hydrogens (tertiary/aromatic N) is 2. The van der Waals surface area contributed by atoms with Crippen LogP contribution in [0.1, 0.15) is 6.92 Å². The third kappa shape index (κ3) is 2.79. The highest BCUT2D eigenvalue weighted by atomic mass is 32.2. The van der Waals surface area contributed by atoms with Crippen molar-refractivity contribution in [1.82, 2.24) is 9.29 Å². The van der Waals surface area contributed by atoms with Gasteiger partial charge in [0.05, 0.1) is 12.1 Å². The third-order valence-electron chi connectivity index (χ3n) is 2.08. The Bertz CT molecular complexity index is 519. The zero-order chi connectivity index (χ0) is 12.5. The number of rotatable bonds is 3. The van der Waals surface area contributed by atoms with E-state index in [9.17, 15) is 13.2 Å². The van der Waals surface area contributed by atoms with Crippen LogP contribution in [0.25, 0.3) is 0 Å². The molecule has 9 heteroatoms. The Morgan fingerprint density at radius 3 is 2.94 bits per heavy atom. The van der Waals surface area contributed by atoms with Gasteiger partial charge < -0.3 is 5.32 Å². The zero-order valence-electron chi connectivity index (χ0n) is 9.04. The van der Waals surface area contributed by atoms with Crippen molar-refractivity contribution in [2.24, 2.45) is 0 Å². The minimum Gasteiger partial charge on any atom is -0.302 e. The number of aromatic nitrogens is 1. The Hall–Kier alpha value is -0.640. The van der Waals surface area contributed by atoms with E-state index in [4.69, 9.17) is 0 Å². The van der Waals surface area contributed by atoms with Gasteiger partial charge in [0, 0.05) is 19.2 Å². The van der Waals surface area contributed by atoms with Gasteiger partial charge in [0.1, 0.15) is 0 Å². The van der Waals surface area contributed by atoms with Gasteiger partial charge in [0.15, 0.2) is 9.34 Å². The molecule has 0 spiro atoms. The number of anilines is 1. The second-order valence-corrected chi connectivity index (χ2v) is 7.65. The largest absolute Gasteiger partial charge is 0.302 e. The Morgan fingerprint density at radius 2 is 2.35 bits per heavy atom. The minimum absolute atomic E-state index is 0.170. The molecule has 1 N–H and O–H groups in total. The summed E-state index contributed by atoms with van der Waals surface area (Å²) >= 11 is 2.56. The van der Waals surface area contributed by atoms with E-state index in [0.717, 1.165) is 17.1 Å². The molecule has 1 amide bonds. The molecule has 2 rings (SSSR count). The number of sulfonamides is 1. The zero-order valence-corrected chi connectivity index (χ0v) is 11.5. The molecule has 94 valence electrons. The molecule has 6 nitrogen and oxygen atoms in total. The van der Waals surface area contributed by atoms with Crippen LogP contribution in [0.2, 0.25) is 0 Å². The molecule has 2 heterocycles. The molecular weight excluding hydrogens is 282 g/mol. The van der Waals surface area contributed by atoms with Gasteiger partial charge in [-0.15, -0.1) is 11.8 Å². The molecule has 1 aliphatic heterocycles. The quantitative estimate of drug-likeness (QED) is 0.891. The highest BCUT2D eigenvalue weighted by molar-refractivity contribution is 8.00. The van der Waals surface area contributed by atoms with Gasteiger partial charge in [-0.2, -0.15) is 4.31 Å². The number of thioether (sulfide) groups is 1. The Balaban J connectivity index is 2.21. The van der Waals surface area contributed by atoms with Crippen LogP contribution in [-0.2, 0) is 14.8 Å². The summed E-state index contributed by atoms with van der Waals surface area (Å²) in [5, 5.41) is 2.78. The second-order valence-electron chi connectivity index (χ2n) is 3.38. The van der Waals surface area contributed by atoms with Crippen molar-refractivity contribution in [2.45, 2.75) is 11.1 Å². The van der Waals surface area contributed by atoms with Crippen LogP contribution in [0.3, 0.4) is 0 Å². The summed E-state index contributed by atoms with van der Waals surface area (Å²) in [7, 11) is -3.44. The summed E-state index contributed by atoms with van der Waals surface area (Å²) in [6, 6.07) is 0. The Morgan fingerprint density at radius 1 is 1.59 bits per heavy atom. The maximum Gasteiger partial charge on any atom is 0.255 e. The summed E-state index contributed by atoms with van der Waals surface area (Å²) in [6.07, 6.45) is 1.29. The molecule has 0 bridgehead atoms. The molecule has 0 aliphatic carbocycles. The normalized spacial score (nSPS) is 17.2. The maximum atomic E-state index is 12.1. The predicted molar refractivity (Wildman–Crippen MR) is 67.6 cm³/mol. The predicted octanol–water partition coefficient (Wildman–Crippen LogP) is 0.797. The third-order valence-corrected chi connectivity index (χ3v) is 6.41. The van der Waals surface area contributed by atoms with Crippen molar-refractivity contribution < 1.29 is 13.2 Å². The lowest BCUT2D eigenvalue weighted by atomic mass is 10.7. The van der Waals surface area contributed by atoms with E-state index < -0.39 is 10.0 Å². The number of thiazole rings is 1. The lowest BCUT2D eigenvalue weighted by Gasteiger charge is -2.11. The van der Waals surface area contributed by atoms with Crippen molar-refractivity contribution in [3.05, 3.63) is 6.20 Å². The fourth-order valence-electron chi connectivity index (χ4n) is 1.30. The van der Waals surface area contributed by atoms with Gasteiger partial charge in [0.2, 0.25) is 5.91 Å². The Kier molecular flexibility index (Phi) is 3.71. The number of amides is 1. The van der Waals surface area contributed by atoms with Crippen molar-refractivity contribution in [1.29, 1.82) is 0 Å². The molecule has 0 atom stereocenters. The van der Waals surface area contributed by atoms with Crippen LogP contribution >= 0.6 is 23.1 Å². The van der Waals surface area contributed by atoms with Crippen LogP contribution in [-0.4, -0.2) is 41.8 Å². The molecule has 17 heavy (non-hydrogen) atoms. The molecule has 1 aromatic rings. The topological polar surface area (TPSA) is 79.4 Å². The number of hydrogen-bond donors (Lipinski definition) is 1. The van der Waals surface area contributed by atoms with Crippen LogP contribution in [0.4, 0.5) is 5.13 Å². The second kappa shape index (κ2) is 4.92. The van der Waals surface area contributed by atoms with Gasteiger partial charge in [-0.1, -0.05) is 11.3 Å². The van der Waals surface area contributed by atoms with Crippen molar-refractivity contribution >= 4 is 44.2 Å². The first kappa shape index (κ1) is 12.8. The van der Waals surface area contributed by atoms with Crippen LogP contribution < -0.4 is 5.32 Å². The van der Waals surface area contributed by atoms with E-state index in [1.807, 2.05) is 0 Å². The standard InChI is InChI=1S/C8H11N3O3S3/c1-6(12)10-8-9-4-7(16-8)17(13,14)11-2-3-15-5-11/h4H,2-3,5H2,1H3,(H,9,10,12). The molecule has 0 unspecified atom stereocenters. The number of carbonyl (C=O) groups excluding carboxylic acids is 1. The van der Waals surface area contributed by atoms with Crippen LogP contribution in [0, 0.1) is 0 Å². The summed E-state index contributed by atoms with van der Waals surface area (Å²) in [6.45, 7) is 1.88. The van der Waals surface area contributed by atoms with E-state index >= 15 is 0 Å². The van der Waals surface area contributed by atoms with E-state index in [1.54, 1.807) is 11.8 Å². The SMILES string of the molecule is CC(=O)Nc1ncc(S(=O)(=O)N2CCSC2)s1. The first-order chi connectivity index (χ1) is 8.00. The number of nitrogens with one attached hydrogen (secondary N) is 1. The number of hydrogen-bond acceptors (Lipinski definition) is 6. The van der Waals surface area contributed by atoms with E-state index in [2.05, 4.69) is 10.3 Å². The number of carbonyl (C=O) groups is 1. The van der Waals surface area contributed by atoms with Gasteiger partial charge >= 0.3 is 0 Å². The molecule has 1 aromatic heterocycles. The molecule has 1 aliphatic rings. The molecular formula is C8H11N3O3S3. The summed E-state index contributed by atoms with van der Waals surface area (Å²) in [5.74, 6) is 1.03. The van der Waals surface area contributed by atoms with E-state index in [-0.39, 0.29) is 10.1 Å². The molecule has 0 saturated carbocycles. The minimum atomic E-state index is -3.44. The average Bonchev–Trinajstić information content (AvgIpc) is 2.85. The van der Waals surface area contributed by atoms with Crippen LogP contribution in [0.5, 0.6) is 0 Å². The monoisotopic (exact) mass is 293 g/mol. The van der Waals surface area contributed by atoms with E-state index in [1.165, 1.54) is 17.4 Å². The van der Waals surface area contributed by atoms with Gasteiger partial charge in [-0.25, -0.2) is 13.4 Å². The highest BCUT2D eigenvalue weighted by Crippen LogP contribution is 2.28. The summed E-state index contributed by atoms with van der Waals surface area (Å²) in [5.41, 5.74) is 0. The maximum absolute atomic E-state index is 12.1. The average molecular weight is 293 g/mol. The summed E-state index contributed by atoms with van der Waals surface area (Å²) in [4.78, 5) is 14.7. The lowest BCUT2D eigenvalue weighted by molar-refractivity contribution is -0.114. The lowest BCUT2D eigenvalue weighted by Crippen LogP contribution is -2.27. The Labute approximate surface area is 107 Å². The fraction of sp³-hybridized carbons (Fsp3) is 0.500. The van der Waals surface area contributed by atoms with Gasteiger partial charge in [0.25, 0.3) is 10.0 Å². The first-order valence-electron chi connectivity index (χ1n) is 4.81. The van der Waals surface area contributed by atoms with E-state index in [0.29, 0.717) is 17.6 Å².